The van der Waals surface area contributed by atoms with Gasteiger partial charge in [0, 0.05) is 26.8 Å². The van der Waals surface area contributed by atoms with Gasteiger partial charge < -0.3 is 24.2 Å². The Morgan fingerprint density at radius 2 is 1.90 bits per heavy atom. The molecule has 0 aliphatic carbocycles. The highest BCUT2D eigenvalue weighted by Gasteiger charge is 2.14. The predicted molar refractivity (Wildman–Crippen MR) is 78.6 cm³/mol. The molecule has 0 aromatic heterocycles. The zero-order chi connectivity index (χ0) is 15.5. The van der Waals surface area contributed by atoms with Crippen LogP contribution in [0.3, 0.4) is 0 Å². The maximum Gasteiger partial charge on any atom is 0.260 e. The number of hydrogen-bond acceptors (Lipinski definition) is 5. The lowest BCUT2D eigenvalue weighted by atomic mass is 10.3. The van der Waals surface area contributed by atoms with E-state index in [1.165, 1.54) is 0 Å². The van der Waals surface area contributed by atoms with Gasteiger partial charge in [0.05, 0.1) is 13.7 Å². The number of rotatable bonds is 10. The Hall–Kier alpha value is -1.79. The molecule has 0 saturated heterocycles. The summed E-state index contributed by atoms with van der Waals surface area (Å²) in [5.41, 5.74) is 0. The summed E-state index contributed by atoms with van der Waals surface area (Å²) in [5, 5.41) is 9.02. The monoisotopic (exact) mass is 297 g/mol. The molecular formula is C15H23NO5. The van der Waals surface area contributed by atoms with Gasteiger partial charge in [-0.3, -0.25) is 4.79 Å². The molecule has 1 N–H and O–H groups in total. The highest BCUT2D eigenvalue weighted by Crippen LogP contribution is 2.25. The van der Waals surface area contributed by atoms with Crippen LogP contribution in [0.4, 0.5) is 0 Å². The van der Waals surface area contributed by atoms with Gasteiger partial charge in [0.1, 0.15) is 0 Å². The lowest BCUT2D eigenvalue weighted by Gasteiger charge is -2.22. The number of aliphatic hydroxyl groups is 1. The molecule has 0 fully saturated rings. The fraction of sp³-hybridized carbons (Fsp3) is 0.533. The molecule has 0 bridgehead atoms. The molecule has 0 saturated carbocycles. The maximum absolute atomic E-state index is 12.1. The maximum atomic E-state index is 12.1. The fourth-order valence-electron chi connectivity index (χ4n) is 1.85. The number of carbonyl (C=O) groups excluding carboxylic acids is 1. The molecule has 1 aromatic carbocycles. The third-order valence-electron chi connectivity index (χ3n) is 2.92. The van der Waals surface area contributed by atoms with Crippen LogP contribution in [-0.2, 0) is 9.53 Å². The summed E-state index contributed by atoms with van der Waals surface area (Å²) in [6.45, 7) is 1.23. The summed E-state index contributed by atoms with van der Waals surface area (Å²) in [4.78, 5) is 13.7. The number of para-hydroxylation sites is 2. The predicted octanol–water partition coefficient (Wildman–Crippen LogP) is 0.931. The van der Waals surface area contributed by atoms with Gasteiger partial charge in [-0.15, -0.1) is 0 Å². The molecule has 1 aromatic rings. The van der Waals surface area contributed by atoms with Crippen LogP contribution in [0.15, 0.2) is 24.3 Å². The van der Waals surface area contributed by atoms with Crippen molar-refractivity contribution in [2.75, 3.05) is 47.1 Å². The Labute approximate surface area is 125 Å². The standard InChI is InChI=1S/C15H23NO5/c1-19-11-5-8-16(9-10-17)15(18)12-21-14-7-4-3-6-13(14)20-2/h3-4,6-7,17H,5,8-12H2,1-2H3. The molecule has 0 heterocycles. The van der Waals surface area contributed by atoms with Crippen LogP contribution in [-0.4, -0.2) is 63.0 Å². The Morgan fingerprint density at radius 3 is 2.52 bits per heavy atom. The van der Waals surface area contributed by atoms with Crippen molar-refractivity contribution in [2.45, 2.75) is 6.42 Å². The van der Waals surface area contributed by atoms with Crippen molar-refractivity contribution < 1.29 is 24.1 Å². The Kier molecular flexibility index (Phi) is 8.23. The van der Waals surface area contributed by atoms with E-state index in [2.05, 4.69) is 0 Å². The van der Waals surface area contributed by atoms with Crippen LogP contribution in [0.1, 0.15) is 6.42 Å². The summed E-state index contributed by atoms with van der Waals surface area (Å²) in [5.74, 6) is 0.929. The van der Waals surface area contributed by atoms with Gasteiger partial charge in [0.15, 0.2) is 18.1 Å². The first-order chi connectivity index (χ1) is 10.2. The molecule has 0 aliphatic rings. The van der Waals surface area contributed by atoms with E-state index in [4.69, 9.17) is 19.3 Å². The number of carbonyl (C=O) groups is 1. The van der Waals surface area contributed by atoms with Crippen LogP contribution < -0.4 is 9.47 Å². The first-order valence-corrected chi connectivity index (χ1v) is 6.86. The highest BCUT2D eigenvalue weighted by atomic mass is 16.5. The Morgan fingerprint density at radius 1 is 1.19 bits per heavy atom. The van der Waals surface area contributed by atoms with Crippen molar-refractivity contribution in [3.05, 3.63) is 24.3 Å². The van der Waals surface area contributed by atoms with Gasteiger partial charge >= 0.3 is 0 Å². The molecule has 0 aliphatic heterocycles. The molecular weight excluding hydrogens is 274 g/mol. The average molecular weight is 297 g/mol. The van der Waals surface area contributed by atoms with Crippen molar-refractivity contribution in [1.29, 1.82) is 0 Å². The minimum absolute atomic E-state index is 0.0760. The van der Waals surface area contributed by atoms with Crippen molar-refractivity contribution in [1.82, 2.24) is 4.90 Å². The Bertz CT molecular complexity index is 424. The fourth-order valence-corrected chi connectivity index (χ4v) is 1.85. The van der Waals surface area contributed by atoms with Crippen molar-refractivity contribution in [3.63, 3.8) is 0 Å². The van der Waals surface area contributed by atoms with E-state index in [0.29, 0.717) is 24.7 Å². The molecule has 118 valence electrons. The number of methoxy groups -OCH3 is 2. The minimum atomic E-state index is -0.175. The summed E-state index contributed by atoms with van der Waals surface area (Å²) >= 11 is 0. The van der Waals surface area contributed by atoms with Crippen molar-refractivity contribution in [2.24, 2.45) is 0 Å². The van der Waals surface area contributed by atoms with Gasteiger partial charge in [-0.05, 0) is 18.6 Å². The van der Waals surface area contributed by atoms with E-state index in [9.17, 15) is 4.79 Å². The van der Waals surface area contributed by atoms with Crippen LogP contribution in [0.5, 0.6) is 11.5 Å². The molecule has 6 heteroatoms. The van der Waals surface area contributed by atoms with Gasteiger partial charge in [0.25, 0.3) is 5.91 Å². The molecule has 0 spiro atoms. The molecule has 0 atom stereocenters. The molecule has 1 rings (SSSR count). The number of hydrogen-bond donors (Lipinski definition) is 1. The van der Waals surface area contributed by atoms with E-state index in [-0.39, 0.29) is 25.7 Å². The number of aliphatic hydroxyl groups excluding tert-OH is 1. The van der Waals surface area contributed by atoms with Gasteiger partial charge in [-0.25, -0.2) is 0 Å². The molecule has 1 amide bonds. The van der Waals surface area contributed by atoms with E-state index >= 15 is 0 Å². The Balaban J connectivity index is 2.52. The van der Waals surface area contributed by atoms with Gasteiger partial charge in [0.2, 0.25) is 0 Å². The normalized spacial score (nSPS) is 10.2. The number of ether oxygens (including phenoxy) is 3. The van der Waals surface area contributed by atoms with Crippen molar-refractivity contribution >= 4 is 5.91 Å². The average Bonchev–Trinajstić information content (AvgIpc) is 2.52. The second-order valence-corrected chi connectivity index (χ2v) is 4.39. The van der Waals surface area contributed by atoms with Gasteiger partial charge in [-0.2, -0.15) is 0 Å². The summed E-state index contributed by atoms with van der Waals surface area (Å²) in [6.07, 6.45) is 0.719. The molecule has 21 heavy (non-hydrogen) atoms. The number of benzene rings is 1. The van der Waals surface area contributed by atoms with Crippen LogP contribution in [0.25, 0.3) is 0 Å². The van der Waals surface area contributed by atoms with E-state index in [1.807, 2.05) is 12.1 Å². The third kappa shape index (κ3) is 6.01. The summed E-state index contributed by atoms with van der Waals surface area (Å²) < 4.78 is 15.6. The topological polar surface area (TPSA) is 68.2 Å². The lowest BCUT2D eigenvalue weighted by molar-refractivity contribution is -0.134. The molecule has 0 radical (unpaired) electrons. The second kappa shape index (κ2) is 10.0. The number of nitrogens with zero attached hydrogens (tertiary/aromatic N) is 1. The quantitative estimate of drug-likeness (QED) is 0.651. The van der Waals surface area contributed by atoms with Crippen LogP contribution in [0, 0.1) is 0 Å². The highest BCUT2D eigenvalue weighted by molar-refractivity contribution is 5.77. The first kappa shape index (κ1) is 17.3. The zero-order valence-electron chi connectivity index (χ0n) is 12.6. The van der Waals surface area contributed by atoms with Crippen molar-refractivity contribution in [3.8, 4) is 11.5 Å². The summed E-state index contributed by atoms with van der Waals surface area (Å²) in [7, 11) is 3.16. The zero-order valence-corrected chi connectivity index (χ0v) is 12.6. The SMILES string of the molecule is COCCCN(CCO)C(=O)COc1ccccc1OC. The van der Waals surface area contributed by atoms with E-state index < -0.39 is 0 Å². The number of amides is 1. The third-order valence-corrected chi connectivity index (χ3v) is 2.92. The largest absolute Gasteiger partial charge is 0.493 e. The second-order valence-electron chi connectivity index (χ2n) is 4.39. The smallest absolute Gasteiger partial charge is 0.260 e. The minimum Gasteiger partial charge on any atom is -0.493 e. The van der Waals surface area contributed by atoms with E-state index in [1.54, 1.807) is 31.3 Å². The first-order valence-electron chi connectivity index (χ1n) is 6.86. The van der Waals surface area contributed by atoms with Gasteiger partial charge in [-0.1, -0.05) is 12.1 Å². The van der Waals surface area contributed by atoms with Crippen LogP contribution in [0.2, 0.25) is 0 Å². The van der Waals surface area contributed by atoms with E-state index in [0.717, 1.165) is 6.42 Å². The molecule has 6 nitrogen and oxygen atoms in total. The lowest BCUT2D eigenvalue weighted by Crippen LogP contribution is -2.38. The molecule has 0 unspecified atom stereocenters. The summed E-state index contributed by atoms with van der Waals surface area (Å²) in [6, 6.07) is 7.15. The van der Waals surface area contributed by atoms with Crippen LogP contribution >= 0.6 is 0 Å².